The van der Waals surface area contributed by atoms with Crippen LogP contribution in [0.15, 0.2) is 12.4 Å². The zero-order chi connectivity index (χ0) is 11.5. The van der Waals surface area contributed by atoms with E-state index in [4.69, 9.17) is 5.14 Å². The molecule has 2 N–H and O–H groups in total. The second-order valence-corrected chi connectivity index (χ2v) is 5.18. The Morgan fingerprint density at radius 2 is 2.07 bits per heavy atom. The lowest BCUT2D eigenvalue weighted by Gasteiger charge is -2.08. The number of aryl methyl sites for hydroxylation is 1. The Kier molecular flexibility index (Phi) is 3.76. The summed E-state index contributed by atoms with van der Waals surface area (Å²) in [7, 11) is -3.45. The number of rotatable bonds is 4. The van der Waals surface area contributed by atoms with Crippen LogP contribution < -0.4 is 5.14 Å². The molecule has 15 heavy (non-hydrogen) atoms. The van der Waals surface area contributed by atoms with Crippen molar-refractivity contribution in [2.24, 2.45) is 5.14 Å². The van der Waals surface area contributed by atoms with Gasteiger partial charge < -0.3 is 0 Å². The monoisotopic (exact) mass is 229 g/mol. The summed E-state index contributed by atoms with van der Waals surface area (Å²) in [5.74, 6) is -0.328. The van der Waals surface area contributed by atoms with E-state index in [0.29, 0.717) is 5.69 Å². The lowest BCUT2D eigenvalue weighted by atomic mass is 10.1. The van der Waals surface area contributed by atoms with Crippen LogP contribution in [-0.2, 0) is 16.4 Å². The number of aromatic nitrogens is 2. The van der Waals surface area contributed by atoms with Crippen LogP contribution in [0.1, 0.15) is 31.2 Å². The lowest BCUT2D eigenvalue weighted by Crippen LogP contribution is -2.21. The summed E-state index contributed by atoms with van der Waals surface area (Å²) in [5, 5.41) is 4.95. The molecule has 0 aromatic carbocycles. The maximum atomic E-state index is 10.9. The molecule has 1 unspecified atom stereocenters. The fourth-order valence-electron chi connectivity index (χ4n) is 1.24. The summed E-state index contributed by atoms with van der Waals surface area (Å²) in [6, 6.07) is 0. The molecule has 1 aromatic heterocycles. The molecule has 1 rings (SSSR count). The van der Waals surface area contributed by atoms with Crippen LogP contribution in [0.3, 0.4) is 0 Å². The average molecular weight is 229 g/mol. The van der Waals surface area contributed by atoms with Crippen LogP contribution in [0.2, 0.25) is 0 Å². The van der Waals surface area contributed by atoms with Gasteiger partial charge in [-0.15, -0.1) is 0 Å². The van der Waals surface area contributed by atoms with Crippen molar-refractivity contribution in [1.29, 1.82) is 0 Å². The van der Waals surface area contributed by atoms with E-state index in [2.05, 4.69) is 9.97 Å². The highest BCUT2D eigenvalue weighted by Gasteiger charge is 2.14. The predicted molar refractivity (Wildman–Crippen MR) is 57.8 cm³/mol. The molecular formula is C9H15N3O2S. The minimum absolute atomic E-state index is 0.104. The molecule has 1 heterocycles. The normalized spacial score (nSPS) is 13.8. The Morgan fingerprint density at radius 1 is 1.40 bits per heavy atom. The van der Waals surface area contributed by atoms with Gasteiger partial charge in [0.1, 0.15) is 0 Å². The first-order valence-corrected chi connectivity index (χ1v) is 6.45. The van der Waals surface area contributed by atoms with E-state index in [9.17, 15) is 8.42 Å². The van der Waals surface area contributed by atoms with Crippen molar-refractivity contribution in [1.82, 2.24) is 9.97 Å². The van der Waals surface area contributed by atoms with E-state index in [-0.39, 0.29) is 11.7 Å². The first-order valence-electron chi connectivity index (χ1n) is 4.73. The van der Waals surface area contributed by atoms with Crippen molar-refractivity contribution >= 4 is 10.0 Å². The molecule has 84 valence electrons. The largest absolute Gasteiger partial charge is 0.258 e. The second-order valence-electron chi connectivity index (χ2n) is 3.52. The summed E-state index contributed by atoms with van der Waals surface area (Å²) in [5.41, 5.74) is 1.54. The van der Waals surface area contributed by atoms with E-state index in [1.54, 1.807) is 19.3 Å². The van der Waals surface area contributed by atoms with E-state index < -0.39 is 10.0 Å². The van der Waals surface area contributed by atoms with Crippen LogP contribution in [0, 0.1) is 0 Å². The quantitative estimate of drug-likeness (QED) is 0.811. The van der Waals surface area contributed by atoms with Crippen LogP contribution in [0.5, 0.6) is 0 Å². The van der Waals surface area contributed by atoms with Crippen molar-refractivity contribution in [2.45, 2.75) is 26.2 Å². The van der Waals surface area contributed by atoms with Gasteiger partial charge in [0.15, 0.2) is 0 Å². The van der Waals surface area contributed by atoms with Crippen molar-refractivity contribution in [3.05, 3.63) is 23.8 Å². The molecule has 0 saturated heterocycles. The van der Waals surface area contributed by atoms with Gasteiger partial charge in [-0.1, -0.05) is 13.8 Å². The van der Waals surface area contributed by atoms with Gasteiger partial charge in [-0.2, -0.15) is 0 Å². The smallest absolute Gasteiger partial charge is 0.209 e. The summed E-state index contributed by atoms with van der Waals surface area (Å²) in [4.78, 5) is 8.30. The highest BCUT2D eigenvalue weighted by Crippen LogP contribution is 2.12. The topological polar surface area (TPSA) is 85.9 Å². The van der Waals surface area contributed by atoms with E-state index in [0.717, 1.165) is 12.1 Å². The fraction of sp³-hybridized carbons (Fsp3) is 0.556. The fourth-order valence-corrected chi connectivity index (χ4v) is 2.10. The Hall–Kier alpha value is -1.01. The lowest BCUT2D eigenvalue weighted by molar-refractivity contribution is 0.591. The molecule has 1 atom stereocenters. The number of hydrogen-bond acceptors (Lipinski definition) is 4. The van der Waals surface area contributed by atoms with E-state index >= 15 is 0 Å². The van der Waals surface area contributed by atoms with Crippen LogP contribution in [0.25, 0.3) is 0 Å². The van der Waals surface area contributed by atoms with Crippen LogP contribution in [-0.4, -0.2) is 24.1 Å². The zero-order valence-corrected chi connectivity index (χ0v) is 9.66. The summed E-state index contributed by atoms with van der Waals surface area (Å²) >= 11 is 0. The van der Waals surface area contributed by atoms with Gasteiger partial charge >= 0.3 is 0 Å². The second kappa shape index (κ2) is 4.67. The number of nitrogens with two attached hydrogens (primary N) is 1. The van der Waals surface area contributed by atoms with Gasteiger partial charge in [0.2, 0.25) is 10.0 Å². The molecule has 0 aliphatic carbocycles. The van der Waals surface area contributed by atoms with E-state index in [1.165, 1.54) is 0 Å². The zero-order valence-electron chi connectivity index (χ0n) is 8.84. The Labute approximate surface area is 89.8 Å². The molecule has 0 radical (unpaired) electrons. The van der Waals surface area contributed by atoms with Crippen molar-refractivity contribution < 1.29 is 8.42 Å². The van der Waals surface area contributed by atoms with Gasteiger partial charge in [-0.25, -0.2) is 13.6 Å². The summed E-state index contributed by atoms with van der Waals surface area (Å²) in [6.07, 6.45) is 4.08. The van der Waals surface area contributed by atoms with Gasteiger partial charge in [0.05, 0.1) is 17.1 Å². The minimum atomic E-state index is -3.45. The SMILES string of the molecule is CCc1cnc(C(C)CS(N)(=O)=O)cn1. The Bertz CT molecular complexity index is 413. The van der Waals surface area contributed by atoms with Crippen molar-refractivity contribution in [2.75, 3.05) is 5.75 Å². The summed E-state index contributed by atoms with van der Waals surface area (Å²) in [6.45, 7) is 3.75. The number of primary sulfonamides is 1. The van der Waals surface area contributed by atoms with Gasteiger partial charge in [-0.3, -0.25) is 9.97 Å². The highest BCUT2D eigenvalue weighted by atomic mass is 32.2. The maximum Gasteiger partial charge on any atom is 0.209 e. The molecule has 0 fully saturated rings. The molecule has 0 bridgehead atoms. The van der Waals surface area contributed by atoms with Crippen LogP contribution in [0.4, 0.5) is 0 Å². The molecule has 0 amide bonds. The van der Waals surface area contributed by atoms with Crippen LogP contribution >= 0.6 is 0 Å². The highest BCUT2D eigenvalue weighted by molar-refractivity contribution is 7.89. The molecular weight excluding hydrogens is 214 g/mol. The third-order valence-electron chi connectivity index (χ3n) is 2.07. The molecule has 5 nitrogen and oxygen atoms in total. The Morgan fingerprint density at radius 3 is 2.47 bits per heavy atom. The molecule has 0 spiro atoms. The Balaban J connectivity index is 2.78. The van der Waals surface area contributed by atoms with Gasteiger partial charge in [0, 0.05) is 18.3 Å². The number of nitrogens with zero attached hydrogens (tertiary/aromatic N) is 2. The number of hydrogen-bond donors (Lipinski definition) is 1. The average Bonchev–Trinajstić information content (AvgIpc) is 2.15. The first-order chi connectivity index (χ1) is 6.92. The van der Waals surface area contributed by atoms with E-state index in [1.807, 2.05) is 6.92 Å². The minimum Gasteiger partial charge on any atom is -0.258 e. The first kappa shape index (κ1) is 12.1. The predicted octanol–water partition coefficient (Wildman–Crippen LogP) is 0.431. The molecule has 6 heteroatoms. The number of sulfonamides is 1. The summed E-state index contributed by atoms with van der Waals surface area (Å²) < 4.78 is 21.7. The molecule has 0 saturated carbocycles. The molecule has 1 aromatic rings. The third kappa shape index (κ3) is 3.93. The standard InChI is InChI=1S/C9H15N3O2S/c1-3-8-4-12-9(5-11-8)7(2)6-15(10,13)14/h4-5,7H,3,6H2,1-2H3,(H2,10,13,14). The van der Waals surface area contributed by atoms with Gasteiger partial charge in [-0.05, 0) is 6.42 Å². The maximum absolute atomic E-state index is 10.9. The third-order valence-corrected chi connectivity index (χ3v) is 3.04. The molecule has 0 aliphatic heterocycles. The van der Waals surface area contributed by atoms with Crippen molar-refractivity contribution in [3.63, 3.8) is 0 Å². The van der Waals surface area contributed by atoms with Crippen molar-refractivity contribution in [3.8, 4) is 0 Å². The molecule has 0 aliphatic rings. The van der Waals surface area contributed by atoms with Gasteiger partial charge in [0.25, 0.3) is 0 Å².